The standard InChI is InChI=1S/C20H18FN3O3/c1-12-8-18(25)24-20(22-12)14-4-3-5-15(11-14)23-19(26)10-13-6-7-17(27-2)16(21)9-13/h3-9,11H,10H2,1-2H3,(H,23,26)(H,22,24,25). The van der Waals surface area contributed by atoms with Crippen LogP contribution >= 0.6 is 0 Å². The van der Waals surface area contributed by atoms with Crippen molar-refractivity contribution in [1.29, 1.82) is 0 Å². The van der Waals surface area contributed by atoms with Crippen molar-refractivity contribution in [3.8, 4) is 17.1 Å². The maximum atomic E-state index is 13.7. The van der Waals surface area contributed by atoms with Gasteiger partial charge in [0.25, 0.3) is 5.56 Å². The average molecular weight is 367 g/mol. The topological polar surface area (TPSA) is 84.1 Å². The van der Waals surface area contributed by atoms with E-state index in [1.807, 2.05) is 0 Å². The van der Waals surface area contributed by atoms with E-state index in [0.717, 1.165) is 0 Å². The van der Waals surface area contributed by atoms with Gasteiger partial charge in [-0.25, -0.2) is 9.37 Å². The number of aryl methyl sites for hydroxylation is 1. The molecule has 1 amide bonds. The Morgan fingerprint density at radius 3 is 2.74 bits per heavy atom. The van der Waals surface area contributed by atoms with Gasteiger partial charge in [0.1, 0.15) is 5.82 Å². The van der Waals surface area contributed by atoms with E-state index < -0.39 is 5.82 Å². The number of carbonyl (C=O) groups excluding carboxylic acids is 1. The predicted octanol–water partition coefficient (Wildman–Crippen LogP) is 3.07. The second kappa shape index (κ2) is 7.82. The third-order valence-corrected chi connectivity index (χ3v) is 3.87. The Bertz CT molecular complexity index is 1050. The molecule has 3 aromatic rings. The summed E-state index contributed by atoms with van der Waals surface area (Å²) >= 11 is 0. The van der Waals surface area contributed by atoms with Crippen LogP contribution in [0.2, 0.25) is 0 Å². The molecule has 2 aromatic carbocycles. The molecule has 1 aromatic heterocycles. The minimum atomic E-state index is -0.515. The lowest BCUT2D eigenvalue weighted by Crippen LogP contribution is -2.14. The largest absolute Gasteiger partial charge is 0.494 e. The first-order chi connectivity index (χ1) is 12.9. The number of aromatic amines is 1. The molecule has 0 saturated carbocycles. The van der Waals surface area contributed by atoms with Gasteiger partial charge in [0.2, 0.25) is 5.91 Å². The first-order valence-corrected chi connectivity index (χ1v) is 8.25. The van der Waals surface area contributed by atoms with Crippen LogP contribution in [-0.4, -0.2) is 23.0 Å². The third kappa shape index (κ3) is 4.58. The van der Waals surface area contributed by atoms with Gasteiger partial charge in [0.05, 0.1) is 13.5 Å². The van der Waals surface area contributed by atoms with E-state index in [2.05, 4.69) is 15.3 Å². The number of amides is 1. The lowest BCUT2D eigenvalue weighted by molar-refractivity contribution is -0.115. The van der Waals surface area contributed by atoms with Crippen LogP contribution in [-0.2, 0) is 11.2 Å². The first-order valence-electron chi connectivity index (χ1n) is 8.25. The molecule has 138 valence electrons. The number of halogens is 1. The van der Waals surface area contributed by atoms with Gasteiger partial charge < -0.3 is 15.0 Å². The molecule has 6 nitrogen and oxygen atoms in total. The normalized spacial score (nSPS) is 10.5. The first kappa shape index (κ1) is 18.3. The monoisotopic (exact) mass is 367 g/mol. The molecule has 0 bridgehead atoms. The Balaban J connectivity index is 1.75. The summed E-state index contributed by atoms with van der Waals surface area (Å²) in [7, 11) is 1.38. The Hall–Kier alpha value is -3.48. The highest BCUT2D eigenvalue weighted by Crippen LogP contribution is 2.20. The molecule has 27 heavy (non-hydrogen) atoms. The zero-order valence-electron chi connectivity index (χ0n) is 14.9. The van der Waals surface area contributed by atoms with E-state index in [-0.39, 0.29) is 23.6 Å². The van der Waals surface area contributed by atoms with Crippen LogP contribution in [0.25, 0.3) is 11.4 Å². The molecule has 1 heterocycles. The number of benzene rings is 2. The summed E-state index contributed by atoms with van der Waals surface area (Å²) in [6.07, 6.45) is 0.0185. The summed E-state index contributed by atoms with van der Waals surface area (Å²) in [6, 6.07) is 12.8. The Morgan fingerprint density at radius 1 is 1.22 bits per heavy atom. The third-order valence-electron chi connectivity index (χ3n) is 3.87. The molecule has 2 N–H and O–H groups in total. The highest BCUT2D eigenvalue weighted by Gasteiger charge is 2.09. The van der Waals surface area contributed by atoms with Gasteiger partial charge in [0.15, 0.2) is 11.6 Å². The number of H-pyrrole nitrogens is 1. The number of anilines is 1. The molecule has 0 saturated heterocycles. The van der Waals surface area contributed by atoms with Crippen molar-refractivity contribution >= 4 is 11.6 Å². The summed E-state index contributed by atoms with van der Waals surface area (Å²) < 4.78 is 18.6. The van der Waals surface area contributed by atoms with Crippen LogP contribution in [0.3, 0.4) is 0 Å². The van der Waals surface area contributed by atoms with E-state index in [1.165, 1.54) is 25.3 Å². The summed E-state index contributed by atoms with van der Waals surface area (Å²) in [5.74, 6) is -0.249. The molecular weight excluding hydrogens is 349 g/mol. The van der Waals surface area contributed by atoms with Crippen LogP contribution in [0, 0.1) is 12.7 Å². The van der Waals surface area contributed by atoms with Crippen molar-refractivity contribution in [2.45, 2.75) is 13.3 Å². The molecule has 0 aliphatic heterocycles. The van der Waals surface area contributed by atoms with E-state index in [0.29, 0.717) is 28.3 Å². The molecule has 0 atom stereocenters. The van der Waals surface area contributed by atoms with Crippen molar-refractivity contribution in [3.63, 3.8) is 0 Å². The molecule has 0 aliphatic rings. The van der Waals surface area contributed by atoms with Gasteiger partial charge in [0, 0.05) is 23.0 Å². The smallest absolute Gasteiger partial charge is 0.251 e. The molecule has 0 fully saturated rings. The minimum Gasteiger partial charge on any atom is -0.494 e. The number of methoxy groups -OCH3 is 1. The fraction of sp³-hybridized carbons (Fsp3) is 0.150. The van der Waals surface area contributed by atoms with E-state index >= 15 is 0 Å². The maximum Gasteiger partial charge on any atom is 0.251 e. The predicted molar refractivity (Wildman–Crippen MR) is 100 cm³/mol. The summed E-state index contributed by atoms with van der Waals surface area (Å²) in [5, 5.41) is 2.77. The summed E-state index contributed by atoms with van der Waals surface area (Å²) in [6.45, 7) is 1.73. The summed E-state index contributed by atoms with van der Waals surface area (Å²) in [5.41, 5.74) is 2.12. The highest BCUT2D eigenvalue weighted by atomic mass is 19.1. The average Bonchev–Trinajstić information content (AvgIpc) is 2.61. The molecule has 7 heteroatoms. The van der Waals surface area contributed by atoms with Crippen molar-refractivity contribution in [1.82, 2.24) is 9.97 Å². The van der Waals surface area contributed by atoms with Crippen LogP contribution in [0.5, 0.6) is 5.75 Å². The van der Waals surface area contributed by atoms with Crippen LogP contribution < -0.4 is 15.6 Å². The van der Waals surface area contributed by atoms with Gasteiger partial charge in [-0.2, -0.15) is 0 Å². The number of rotatable bonds is 5. The van der Waals surface area contributed by atoms with Gasteiger partial charge >= 0.3 is 0 Å². The second-order valence-electron chi connectivity index (χ2n) is 6.01. The quantitative estimate of drug-likeness (QED) is 0.726. The van der Waals surface area contributed by atoms with Gasteiger partial charge in [-0.1, -0.05) is 18.2 Å². The maximum absolute atomic E-state index is 13.7. The number of nitrogens with one attached hydrogen (secondary N) is 2. The van der Waals surface area contributed by atoms with Gasteiger partial charge in [-0.15, -0.1) is 0 Å². The Labute approximate surface area is 155 Å². The SMILES string of the molecule is COc1ccc(CC(=O)Nc2cccc(-c3nc(C)cc(=O)[nH]3)c2)cc1F. The number of hydrogen-bond acceptors (Lipinski definition) is 4. The highest BCUT2D eigenvalue weighted by molar-refractivity contribution is 5.92. The van der Waals surface area contributed by atoms with E-state index in [1.54, 1.807) is 37.3 Å². The zero-order valence-corrected chi connectivity index (χ0v) is 14.9. The zero-order chi connectivity index (χ0) is 19.4. The molecule has 0 aliphatic carbocycles. The van der Waals surface area contributed by atoms with E-state index in [4.69, 9.17) is 4.74 Å². The van der Waals surface area contributed by atoms with Gasteiger partial charge in [-0.3, -0.25) is 9.59 Å². The Morgan fingerprint density at radius 2 is 2.04 bits per heavy atom. The number of ether oxygens (including phenoxy) is 1. The fourth-order valence-corrected chi connectivity index (χ4v) is 2.67. The van der Waals surface area contributed by atoms with Crippen molar-refractivity contribution in [3.05, 3.63) is 76.0 Å². The van der Waals surface area contributed by atoms with Gasteiger partial charge in [-0.05, 0) is 36.8 Å². The minimum absolute atomic E-state index is 0.0185. The lowest BCUT2D eigenvalue weighted by atomic mass is 10.1. The number of carbonyl (C=O) groups is 1. The van der Waals surface area contributed by atoms with Crippen molar-refractivity contribution in [2.75, 3.05) is 12.4 Å². The van der Waals surface area contributed by atoms with Crippen molar-refractivity contribution < 1.29 is 13.9 Å². The molecule has 3 rings (SSSR count). The van der Waals surface area contributed by atoms with Crippen LogP contribution in [0.15, 0.2) is 53.3 Å². The van der Waals surface area contributed by atoms with Crippen molar-refractivity contribution in [2.24, 2.45) is 0 Å². The Kier molecular flexibility index (Phi) is 5.30. The molecule has 0 spiro atoms. The summed E-state index contributed by atoms with van der Waals surface area (Å²) in [4.78, 5) is 30.8. The number of nitrogens with zero attached hydrogens (tertiary/aromatic N) is 1. The fourth-order valence-electron chi connectivity index (χ4n) is 2.67. The molecule has 0 unspecified atom stereocenters. The number of aromatic nitrogens is 2. The second-order valence-corrected chi connectivity index (χ2v) is 6.01. The molecular formula is C20H18FN3O3. The van der Waals surface area contributed by atoms with Crippen LogP contribution in [0.4, 0.5) is 10.1 Å². The lowest BCUT2D eigenvalue weighted by Gasteiger charge is -2.09. The van der Waals surface area contributed by atoms with E-state index in [9.17, 15) is 14.0 Å². The number of hydrogen-bond donors (Lipinski definition) is 2. The van der Waals surface area contributed by atoms with Crippen LogP contribution in [0.1, 0.15) is 11.3 Å². The molecule has 0 radical (unpaired) electrons.